The van der Waals surface area contributed by atoms with Crippen molar-refractivity contribution < 1.29 is 9.59 Å². The Balaban J connectivity index is 2.08. The number of benzene rings is 1. The van der Waals surface area contributed by atoms with Gasteiger partial charge in [0.05, 0.1) is 0 Å². The van der Waals surface area contributed by atoms with E-state index in [4.69, 9.17) is 0 Å². The van der Waals surface area contributed by atoms with Crippen molar-refractivity contribution in [2.45, 2.75) is 78.1 Å². The van der Waals surface area contributed by atoms with E-state index < -0.39 is 0 Å². The van der Waals surface area contributed by atoms with Crippen molar-refractivity contribution in [3.05, 3.63) is 24.3 Å². The van der Waals surface area contributed by atoms with E-state index in [0.29, 0.717) is 6.42 Å². The summed E-state index contributed by atoms with van der Waals surface area (Å²) < 4.78 is 0. The number of hydrogen-bond acceptors (Lipinski definition) is 2. The third-order valence-corrected chi connectivity index (χ3v) is 4.00. The molecule has 2 N–H and O–H groups in total. The van der Waals surface area contributed by atoms with Crippen molar-refractivity contribution in [2.24, 2.45) is 0 Å². The molecule has 0 saturated carbocycles. The molecule has 0 unspecified atom stereocenters. The zero-order valence-corrected chi connectivity index (χ0v) is 15.2. The number of hydrogen-bond donors (Lipinski definition) is 2. The molecule has 0 atom stereocenters. The van der Waals surface area contributed by atoms with Crippen LogP contribution in [0.1, 0.15) is 78.1 Å². The van der Waals surface area contributed by atoms with E-state index in [-0.39, 0.29) is 11.8 Å². The highest BCUT2D eigenvalue weighted by atomic mass is 16.2. The molecule has 0 aliphatic rings. The number of amides is 2. The lowest BCUT2D eigenvalue weighted by molar-refractivity contribution is -0.116. The Morgan fingerprint density at radius 2 is 1.21 bits per heavy atom. The number of carbonyl (C=O) groups is 2. The Hall–Kier alpha value is -1.84. The lowest BCUT2D eigenvalue weighted by Crippen LogP contribution is -2.11. The van der Waals surface area contributed by atoms with Crippen LogP contribution in [-0.2, 0) is 9.59 Å². The van der Waals surface area contributed by atoms with Crippen molar-refractivity contribution in [1.29, 1.82) is 0 Å². The van der Waals surface area contributed by atoms with E-state index in [9.17, 15) is 9.59 Å². The predicted octanol–water partition coefficient (Wildman–Crippen LogP) is 5.50. The first-order valence-electron chi connectivity index (χ1n) is 9.29. The van der Waals surface area contributed by atoms with Crippen LogP contribution >= 0.6 is 0 Å². The Kier molecular flexibility index (Phi) is 10.6. The summed E-state index contributed by atoms with van der Waals surface area (Å²) in [5.41, 5.74) is 1.50. The third kappa shape index (κ3) is 10.0. The van der Waals surface area contributed by atoms with Gasteiger partial charge in [-0.2, -0.15) is 0 Å². The summed E-state index contributed by atoms with van der Waals surface area (Å²) in [5, 5.41) is 5.60. The zero-order chi connectivity index (χ0) is 17.6. The van der Waals surface area contributed by atoms with Crippen LogP contribution in [-0.4, -0.2) is 11.8 Å². The maximum atomic E-state index is 11.9. The summed E-state index contributed by atoms with van der Waals surface area (Å²) in [5.74, 6) is -0.0395. The van der Waals surface area contributed by atoms with Gasteiger partial charge in [-0.25, -0.2) is 0 Å². The molecule has 134 valence electrons. The second-order valence-corrected chi connectivity index (χ2v) is 6.39. The van der Waals surface area contributed by atoms with Crippen molar-refractivity contribution in [1.82, 2.24) is 0 Å². The molecule has 0 spiro atoms. The van der Waals surface area contributed by atoms with Gasteiger partial charge in [0.15, 0.2) is 0 Å². The minimum atomic E-state index is -0.0999. The Labute approximate surface area is 146 Å². The monoisotopic (exact) mass is 332 g/mol. The van der Waals surface area contributed by atoms with Crippen molar-refractivity contribution >= 4 is 23.2 Å². The molecular weight excluding hydrogens is 300 g/mol. The quantitative estimate of drug-likeness (QED) is 0.496. The van der Waals surface area contributed by atoms with Gasteiger partial charge in [-0.3, -0.25) is 9.59 Å². The minimum Gasteiger partial charge on any atom is -0.326 e. The van der Waals surface area contributed by atoms with E-state index in [1.165, 1.54) is 51.9 Å². The highest BCUT2D eigenvalue weighted by molar-refractivity contribution is 5.92. The molecule has 4 heteroatoms. The van der Waals surface area contributed by atoms with Crippen molar-refractivity contribution in [2.75, 3.05) is 10.6 Å². The van der Waals surface area contributed by atoms with Gasteiger partial charge < -0.3 is 10.6 Å². The summed E-state index contributed by atoms with van der Waals surface area (Å²) in [4.78, 5) is 22.9. The van der Waals surface area contributed by atoms with Crippen molar-refractivity contribution in [3.8, 4) is 0 Å². The fourth-order valence-electron chi connectivity index (χ4n) is 2.66. The van der Waals surface area contributed by atoms with Gasteiger partial charge >= 0.3 is 0 Å². The second kappa shape index (κ2) is 12.6. The lowest BCUT2D eigenvalue weighted by atomic mass is 10.1. The Morgan fingerprint density at radius 1 is 0.750 bits per heavy atom. The molecule has 0 aliphatic carbocycles. The van der Waals surface area contributed by atoms with Crippen LogP contribution in [0.5, 0.6) is 0 Å². The summed E-state index contributed by atoms with van der Waals surface area (Å²) >= 11 is 0. The summed E-state index contributed by atoms with van der Waals surface area (Å²) in [7, 11) is 0. The number of carbonyl (C=O) groups excluding carboxylic acids is 2. The first-order chi connectivity index (χ1) is 11.6. The van der Waals surface area contributed by atoms with E-state index in [0.717, 1.165) is 24.2 Å². The topological polar surface area (TPSA) is 58.2 Å². The first-order valence-corrected chi connectivity index (χ1v) is 9.29. The highest BCUT2D eigenvalue weighted by Crippen LogP contribution is 2.15. The lowest BCUT2D eigenvalue weighted by Gasteiger charge is -2.07. The fraction of sp³-hybridized carbons (Fsp3) is 0.600. The maximum Gasteiger partial charge on any atom is 0.224 e. The van der Waals surface area contributed by atoms with Gasteiger partial charge in [0.2, 0.25) is 11.8 Å². The molecular formula is C20H32N2O2. The average Bonchev–Trinajstić information content (AvgIpc) is 2.55. The third-order valence-electron chi connectivity index (χ3n) is 4.00. The Morgan fingerprint density at radius 3 is 1.71 bits per heavy atom. The van der Waals surface area contributed by atoms with E-state index in [1.54, 1.807) is 24.3 Å². The largest absolute Gasteiger partial charge is 0.326 e. The predicted molar refractivity (Wildman–Crippen MR) is 101 cm³/mol. The zero-order valence-electron chi connectivity index (χ0n) is 15.2. The van der Waals surface area contributed by atoms with Crippen LogP contribution in [0, 0.1) is 0 Å². The molecule has 4 nitrogen and oxygen atoms in total. The molecule has 0 fully saturated rings. The number of unbranched alkanes of at least 4 members (excludes halogenated alkanes) is 8. The summed E-state index contributed by atoms with van der Waals surface area (Å²) in [6.07, 6.45) is 11.9. The molecule has 0 radical (unpaired) electrons. The number of rotatable bonds is 12. The normalized spacial score (nSPS) is 10.4. The van der Waals surface area contributed by atoms with Gasteiger partial charge in [0.1, 0.15) is 0 Å². The van der Waals surface area contributed by atoms with Crippen molar-refractivity contribution in [3.63, 3.8) is 0 Å². The molecule has 1 rings (SSSR count). The first kappa shape index (κ1) is 20.2. The Bertz CT molecular complexity index is 483. The van der Waals surface area contributed by atoms with Gasteiger partial charge in [-0.05, 0) is 30.7 Å². The molecule has 0 bridgehead atoms. The molecule has 0 saturated heterocycles. The van der Waals surface area contributed by atoms with Gasteiger partial charge in [0, 0.05) is 24.7 Å². The van der Waals surface area contributed by atoms with Gasteiger partial charge in [-0.1, -0.05) is 58.3 Å². The number of anilines is 2. The minimum absolute atomic E-state index is 0.0604. The van der Waals surface area contributed by atoms with E-state index in [2.05, 4.69) is 17.6 Å². The molecule has 0 aliphatic heterocycles. The molecule has 0 aromatic heterocycles. The standard InChI is InChI=1S/C20H32N2O2/c1-3-4-5-6-7-8-9-10-11-12-20(24)22-19-15-13-18(14-16-19)21-17(2)23/h13-16H,3-12H2,1-2H3,(H,21,23)(H,22,24). The summed E-state index contributed by atoms with van der Waals surface area (Å²) in [6, 6.07) is 7.18. The van der Waals surface area contributed by atoms with Crippen LogP contribution in [0.2, 0.25) is 0 Å². The second-order valence-electron chi connectivity index (χ2n) is 6.39. The molecule has 1 aromatic carbocycles. The average molecular weight is 332 g/mol. The SMILES string of the molecule is CCCCCCCCCCCC(=O)Nc1ccc(NC(C)=O)cc1. The molecule has 2 amide bonds. The van der Waals surface area contributed by atoms with Crippen LogP contribution in [0.3, 0.4) is 0 Å². The van der Waals surface area contributed by atoms with Gasteiger partial charge in [0.25, 0.3) is 0 Å². The van der Waals surface area contributed by atoms with Crippen LogP contribution in [0.4, 0.5) is 11.4 Å². The number of nitrogens with one attached hydrogen (secondary N) is 2. The molecule has 0 heterocycles. The molecule has 1 aromatic rings. The van der Waals surface area contributed by atoms with Crippen LogP contribution in [0.15, 0.2) is 24.3 Å². The van der Waals surface area contributed by atoms with Gasteiger partial charge in [-0.15, -0.1) is 0 Å². The summed E-state index contributed by atoms with van der Waals surface area (Å²) in [6.45, 7) is 3.71. The smallest absolute Gasteiger partial charge is 0.224 e. The van der Waals surface area contributed by atoms with E-state index >= 15 is 0 Å². The van der Waals surface area contributed by atoms with Crippen LogP contribution in [0.25, 0.3) is 0 Å². The highest BCUT2D eigenvalue weighted by Gasteiger charge is 2.03. The molecule has 24 heavy (non-hydrogen) atoms. The van der Waals surface area contributed by atoms with Crippen LogP contribution < -0.4 is 10.6 Å². The van der Waals surface area contributed by atoms with E-state index in [1.807, 2.05) is 0 Å². The maximum absolute atomic E-state index is 11.9. The fourth-order valence-corrected chi connectivity index (χ4v) is 2.66.